The lowest BCUT2D eigenvalue weighted by Crippen LogP contribution is -2.00. The van der Waals surface area contributed by atoms with Crippen LogP contribution in [0.3, 0.4) is 0 Å². The van der Waals surface area contributed by atoms with Crippen LogP contribution in [0.25, 0.3) is 115 Å². The molecule has 0 saturated heterocycles. The van der Waals surface area contributed by atoms with Crippen molar-refractivity contribution >= 4 is 75.3 Å². The van der Waals surface area contributed by atoms with Crippen LogP contribution in [0.1, 0.15) is 0 Å². The molecule has 0 spiro atoms. The molecular weight excluding hydrogens is 717 g/mol. The lowest BCUT2D eigenvalue weighted by molar-refractivity contribution is 0.669. The number of hydrogen-bond donors (Lipinski definition) is 0. The van der Waals surface area contributed by atoms with E-state index in [2.05, 4.69) is 156 Å². The molecule has 0 unspecified atom stereocenters. The van der Waals surface area contributed by atoms with Crippen molar-refractivity contribution < 1.29 is 4.42 Å². The van der Waals surface area contributed by atoms with Crippen LogP contribution in [0.4, 0.5) is 0 Å². The molecule has 266 valence electrons. The van der Waals surface area contributed by atoms with Crippen LogP contribution in [-0.4, -0.2) is 19.5 Å². The quantitative estimate of drug-likeness (QED) is 0.176. The van der Waals surface area contributed by atoms with Crippen LogP contribution in [0, 0.1) is 0 Å². The zero-order valence-corrected chi connectivity index (χ0v) is 31.2. The highest BCUT2D eigenvalue weighted by Gasteiger charge is 2.18. The second-order valence-electron chi connectivity index (χ2n) is 14.4. The van der Waals surface area contributed by atoms with Gasteiger partial charge in [-0.1, -0.05) is 109 Å². The first-order chi connectivity index (χ1) is 28.2. The van der Waals surface area contributed by atoms with Gasteiger partial charge in [0.25, 0.3) is 0 Å². The number of para-hydroxylation sites is 2. The molecule has 0 radical (unpaired) electrons. The molecule has 57 heavy (non-hydrogen) atoms. The third-order valence-electron chi connectivity index (χ3n) is 11.1. The molecule has 12 aromatic rings. The smallest absolute Gasteiger partial charge is 0.164 e. The van der Waals surface area contributed by atoms with Crippen molar-refractivity contribution in [1.29, 1.82) is 0 Å². The average Bonchev–Trinajstić information content (AvgIpc) is 3.96. The molecule has 0 aliphatic carbocycles. The summed E-state index contributed by atoms with van der Waals surface area (Å²) in [6, 6.07) is 63.7. The first-order valence-electron chi connectivity index (χ1n) is 19.0. The molecular formula is C51H30N4OS. The standard InChI is InChI=1S/C51H30N4OS/c1-2-11-31(12-3-1)49-52-50(32-21-24-36(25-22-32)55-41-18-7-4-15-37(41)38-16-5-8-19-42(38)55)54-51(53-49)35-14-10-13-33(29-35)34-23-26-43-40(30-34)47-44(56-43)27-28-46-48(47)39-17-6-9-20-45(39)57-46/h1-30H. The van der Waals surface area contributed by atoms with Crippen molar-refractivity contribution in [1.82, 2.24) is 19.5 Å². The van der Waals surface area contributed by atoms with E-state index in [1.165, 1.54) is 42.0 Å². The fraction of sp³-hybridized carbons (Fsp3) is 0. The Balaban J connectivity index is 0.973. The lowest BCUT2D eigenvalue weighted by atomic mass is 9.99. The van der Waals surface area contributed by atoms with Gasteiger partial charge in [-0.3, -0.25) is 0 Å². The maximum Gasteiger partial charge on any atom is 0.164 e. The minimum absolute atomic E-state index is 0.619. The lowest BCUT2D eigenvalue weighted by Gasteiger charge is -2.11. The number of rotatable bonds is 5. The van der Waals surface area contributed by atoms with Gasteiger partial charge in [-0.05, 0) is 83.9 Å². The van der Waals surface area contributed by atoms with Crippen molar-refractivity contribution in [2.45, 2.75) is 0 Å². The van der Waals surface area contributed by atoms with E-state index in [0.717, 1.165) is 55.4 Å². The van der Waals surface area contributed by atoms with Gasteiger partial charge in [0.1, 0.15) is 11.2 Å². The molecule has 6 heteroatoms. The SMILES string of the molecule is c1ccc(-c2nc(-c3ccc(-n4c5ccccc5c5ccccc54)cc3)nc(-c3cccc(-c4ccc5oc6ccc7sc8ccccc8c7c6c5c4)c3)n2)cc1. The van der Waals surface area contributed by atoms with Gasteiger partial charge in [0.2, 0.25) is 0 Å². The molecule has 0 fully saturated rings. The molecule has 0 aliphatic heterocycles. The Hall–Kier alpha value is -7.41. The summed E-state index contributed by atoms with van der Waals surface area (Å²) in [6.45, 7) is 0. The van der Waals surface area contributed by atoms with Crippen LogP contribution >= 0.6 is 11.3 Å². The summed E-state index contributed by atoms with van der Waals surface area (Å²) in [7, 11) is 0. The summed E-state index contributed by atoms with van der Waals surface area (Å²) >= 11 is 1.83. The molecule has 8 aromatic carbocycles. The predicted octanol–water partition coefficient (Wildman–Crippen LogP) is 13.9. The van der Waals surface area contributed by atoms with E-state index < -0.39 is 0 Å². The van der Waals surface area contributed by atoms with Gasteiger partial charge < -0.3 is 8.98 Å². The second kappa shape index (κ2) is 12.6. The number of fused-ring (bicyclic) bond motifs is 10. The number of benzene rings is 8. The van der Waals surface area contributed by atoms with Gasteiger partial charge in [0, 0.05) is 64.1 Å². The number of thiophene rings is 1. The Morgan fingerprint density at radius 2 is 0.930 bits per heavy atom. The zero-order valence-electron chi connectivity index (χ0n) is 30.4. The Morgan fingerprint density at radius 3 is 1.68 bits per heavy atom. The van der Waals surface area contributed by atoms with Crippen LogP contribution in [0.15, 0.2) is 186 Å². The summed E-state index contributed by atoms with van der Waals surface area (Å²) < 4.78 is 11.3. The Labute approximate surface area is 330 Å². The van der Waals surface area contributed by atoms with Crippen LogP contribution in [-0.2, 0) is 0 Å². The van der Waals surface area contributed by atoms with E-state index in [1.54, 1.807) is 0 Å². The fourth-order valence-electron chi connectivity index (χ4n) is 8.41. The molecule has 12 rings (SSSR count). The number of furan rings is 1. The molecule has 5 nitrogen and oxygen atoms in total. The van der Waals surface area contributed by atoms with Crippen LogP contribution in [0.5, 0.6) is 0 Å². The third-order valence-corrected chi connectivity index (χ3v) is 12.2. The van der Waals surface area contributed by atoms with Gasteiger partial charge in [-0.15, -0.1) is 11.3 Å². The monoisotopic (exact) mass is 746 g/mol. The largest absolute Gasteiger partial charge is 0.456 e. The molecule has 0 amide bonds. The van der Waals surface area contributed by atoms with Crippen molar-refractivity contribution in [2.24, 2.45) is 0 Å². The number of hydrogen-bond acceptors (Lipinski definition) is 5. The Morgan fingerprint density at radius 1 is 0.368 bits per heavy atom. The maximum absolute atomic E-state index is 6.42. The normalized spacial score (nSPS) is 11.9. The average molecular weight is 747 g/mol. The molecule has 0 atom stereocenters. The summed E-state index contributed by atoms with van der Waals surface area (Å²) in [5, 5.41) is 7.27. The molecule has 4 heterocycles. The Kier molecular flexibility index (Phi) is 7.03. The van der Waals surface area contributed by atoms with E-state index in [1.807, 2.05) is 41.7 Å². The first kappa shape index (κ1) is 31.9. The van der Waals surface area contributed by atoms with Crippen LogP contribution in [0.2, 0.25) is 0 Å². The highest BCUT2D eigenvalue weighted by Crippen LogP contribution is 2.43. The van der Waals surface area contributed by atoms with Crippen molar-refractivity contribution in [3.63, 3.8) is 0 Å². The van der Waals surface area contributed by atoms with Gasteiger partial charge in [-0.25, -0.2) is 15.0 Å². The molecule has 0 saturated carbocycles. The topological polar surface area (TPSA) is 56.7 Å². The van der Waals surface area contributed by atoms with Gasteiger partial charge >= 0.3 is 0 Å². The van der Waals surface area contributed by atoms with Gasteiger partial charge in [0.15, 0.2) is 17.5 Å². The molecule has 4 aromatic heterocycles. The molecule has 0 N–H and O–H groups in total. The second-order valence-corrected chi connectivity index (χ2v) is 15.5. The third kappa shape index (κ3) is 5.12. The van der Waals surface area contributed by atoms with E-state index >= 15 is 0 Å². The van der Waals surface area contributed by atoms with Crippen molar-refractivity contribution in [2.75, 3.05) is 0 Å². The van der Waals surface area contributed by atoms with E-state index in [9.17, 15) is 0 Å². The minimum Gasteiger partial charge on any atom is -0.456 e. The van der Waals surface area contributed by atoms with Crippen molar-refractivity contribution in [3.05, 3.63) is 182 Å². The summed E-state index contributed by atoms with van der Waals surface area (Å²) in [6.07, 6.45) is 0. The summed E-state index contributed by atoms with van der Waals surface area (Å²) in [4.78, 5) is 15.2. The van der Waals surface area contributed by atoms with Crippen LogP contribution < -0.4 is 0 Å². The van der Waals surface area contributed by atoms with E-state index in [4.69, 9.17) is 19.4 Å². The first-order valence-corrected chi connectivity index (χ1v) is 19.8. The zero-order chi connectivity index (χ0) is 37.5. The predicted molar refractivity (Wildman–Crippen MR) is 236 cm³/mol. The van der Waals surface area contributed by atoms with E-state index in [-0.39, 0.29) is 0 Å². The van der Waals surface area contributed by atoms with Crippen molar-refractivity contribution in [3.8, 4) is 51.0 Å². The fourth-order valence-corrected chi connectivity index (χ4v) is 9.52. The number of aromatic nitrogens is 4. The highest BCUT2D eigenvalue weighted by molar-refractivity contribution is 7.26. The highest BCUT2D eigenvalue weighted by atomic mass is 32.1. The summed E-state index contributed by atoms with van der Waals surface area (Å²) in [5.41, 5.74) is 10.2. The minimum atomic E-state index is 0.619. The molecule has 0 bridgehead atoms. The van der Waals surface area contributed by atoms with Gasteiger partial charge in [-0.2, -0.15) is 0 Å². The molecule has 0 aliphatic rings. The van der Waals surface area contributed by atoms with Gasteiger partial charge in [0.05, 0.1) is 11.0 Å². The number of nitrogens with zero attached hydrogens (tertiary/aromatic N) is 4. The van der Waals surface area contributed by atoms with E-state index in [0.29, 0.717) is 17.5 Å². The maximum atomic E-state index is 6.42. The summed E-state index contributed by atoms with van der Waals surface area (Å²) in [5.74, 6) is 1.87. The Bertz CT molecular complexity index is 3470.